The van der Waals surface area contributed by atoms with Gasteiger partial charge >= 0.3 is 63.3 Å². The van der Waals surface area contributed by atoms with Gasteiger partial charge in [0.25, 0.3) is 0 Å². The number of hydrogen-bond donors (Lipinski definition) is 0. The number of benzene rings is 1. The van der Waals surface area contributed by atoms with Crippen molar-refractivity contribution in [2.45, 2.75) is 146 Å². The molecular formula is C36H57KO7S. The van der Waals surface area contributed by atoms with Crippen LogP contribution in [-0.2, 0) is 19.6 Å². The topological polar surface area (TPSA) is 110 Å². The molecule has 1 aromatic carbocycles. The van der Waals surface area contributed by atoms with Gasteiger partial charge in [0.15, 0.2) is 0 Å². The Morgan fingerprint density at radius 3 is 1.27 bits per heavy atom. The van der Waals surface area contributed by atoms with Crippen molar-refractivity contribution in [3.05, 3.63) is 54.6 Å². The summed E-state index contributed by atoms with van der Waals surface area (Å²) in [5, 5.41) is 0. The van der Waals surface area contributed by atoms with Crippen LogP contribution in [0.2, 0.25) is 0 Å². The summed E-state index contributed by atoms with van der Waals surface area (Å²) in [5.74, 6) is -1.57. The molecule has 0 bridgehead atoms. The summed E-state index contributed by atoms with van der Waals surface area (Å²) in [5.41, 5.74) is -0.357. The van der Waals surface area contributed by atoms with E-state index in [1.807, 2.05) is 12.2 Å². The molecule has 0 aliphatic carbocycles. The molecule has 1 aromatic rings. The minimum atomic E-state index is -4.81. The number of esters is 2. The first-order valence-corrected chi connectivity index (χ1v) is 18.4. The monoisotopic (exact) mass is 672 g/mol. The van der Waals surface area contributed by atoms with Gasteiger partial charge in [-0.3, -0.25) is 0 Å². The van der Waals surface area contributed by atoms with Crippen molar-refractivity contribution in [2.75, 3.05) is 13.2 Å². The molecule has 0 fully saturated rings. The second-order valence-electron chi connectivity index (χ2n) is 11.7. The van der Waals surface area contributed by atoms with E-state index >= 15 is 0 Å². The van der Waals surface area contributed by atoms with Gasteiger partial charge in [-0.05, 0) is 56.7 Å². The summed E-state index contributed by atoms with van der Waals surface area (Å²) < 4.78 is 45.4. The number of rotatable bonds is 29. The third-order valence-corrected chi connectivity index (χ3v) is 8.62. The molecule has 0 heterocycles. The minimum Gasteiger partial charge on any atom is -0.744 e. The molecule has 0 spiro atoms. The standard InChI is InChI=1S/C36H58O7S.K/c1-3-5-7-9-11-13-15-17-19-21-23-25-29-42-35(37)33-28-27-32(44(39,40)41)31-34(33)36(38)43-30-26-24-22-20-18-16-14-12-10-8-6-4-2;/h3-4,27-28,31H,1-2,5-26,29-30H2,(H,39,40,41);/q;+1/p-1. The van der Waals surface area contributed by atoms with Gasteiger partial charge in [-0.25, -0.2) is 18.0 Å². The Hall–Kier alpha value is -0.814. The second-order valence-corrected chi connectivity index (χ2v) is 13.0. The van der Waals surface area contributed by atoms with Gasteiger partial charge in [0.1, 0.15) is 10.1 Å². The van der Waals surface area contributed by atoms with Gasteiger partial charge in [0.2, 0.25) is 0 Å². The molecule has 0 aliphatic heterocycles. The molecule has 45 heavy (non-hydrogen) atoms. The molecule has 0 radical (unpaired) electrons. The smallest absolute Gasteiger partial charge is 0.744 e. The zero-order valence-corrected chi connectivity index (χ0v) is 32.0. The van der Waals surface area contributed by atoms with E-state index in [1.165, 1.54) is 77.0 Å². The Balaban J connectivity index is 0.0000194. The van der Waals surface area contributed by atoms with Crippen molar-refractivity contribution in [2.24, 2.45) is 0 Å². The second kappa shape index (κ2) is 29.3. The van der Waals surface area contributed by atoms with E-state index in [4.69, 9.17) is 9.47 Å². The Morgan fingerprint density at radius 1 is 0.578 bits per heavy atom. The fourth-order valence-corrected chi connectivity index (χ4v) is 5.62. The van der Waals surface area contributed by atoms with E-state index in [9.17, 15) is 22.6 Å². The fraction of sp³-hybridized carbons (Fsp3) is 0.667. The maximum absolute atomic E-state index is 12.8. The average Bonchev–Trinajstić information content (AvgIpc) is 3.00. The van der Waals surface area contributed by atoms with E-state index < -0.39 is 27.0 Å². The first-order valence-electron chi connectivity index (χ1n) is 17.0. The van der Waals surface area contributed by atoms with Crippen molar-refractivity contribution in [1.29, 1.82) is 0 Å². The van der Waals surface area contributed by atoms with E-state index in [0.29, 0.717) is 12.8 Å². The Kier molecular flexibility index (Phi) is 28.8. The first-order chi connectivity index (χ1) is 21.3. The molecule has 7 nitrogen and oxygen atoms in total. The molecule has 0 aromatic heterocycles. The average molecular weight is 673 g/mol. The van der Waals surface area contributed by atoms with Crippen LogP contribution < -0.4 is 51.4 Å². The minimum absolute atomic E-state index is 0. The van der Waals surface area contributed by atoms with E-state index in [-0.39, 0.29) is 75.7 Å². The van der Waals surface area contributed by atoms with Crippen LogP contribution in [0.3, 0.4) is 0 Å². The van der Waals surface area contributed by atoms with Crippen LogP contribution >= 0.6 is 0 Å². The molecule has 0 saturated carbocycles. The molecule has 0 unspecified atom stereocenters. The van der Waals surface area contributed by atoms with Gasteiger partial charge in [-0.1, -0.05) is 115 Å². The zero-order valence-electron chi connectivity index (χ0n) is 28.0. The fourth-order valence-electron chi connectivity index (χ4n) is 5.12. The molecular weight excluding hydrogens is 616 g/mol. The van der Waals surface area contributed by atoms with Crippen LogP contribution in [0.25, 0.3) is 0 Å². The van der Waals surface area contributed by atoms with Gasteiger partial charge in [-0.15, -0.1) is 13.2 Å². The maximum atomic E-state index is 12.8. The summed E-state index contributed by atoms with van der Waals surface area (Å²) in [6.07, 6.45) is 28.7. The molecule has 250 valence electrons. The van der Waals surface area contributed by atoms with Crippen LogP contribution in [-0.4, -0.2) is 38.1 Å². The van der Waals surface area contributed by atoms with Gasteiger partial charge in [0, 0.05) is 0 Å². The Morgan fingerprint density at radius 2 is 0.911 bits per heavy atom. The van der Waals surface area contributed by atoms with Crippen LogP contribution in [0.15, 0.2) is 48.4 Å². The largest absolute Gasteiger partial charge is 1.00 e. The Labute approximate surface area is 316 Å². The summed E-state index contributed by atoms with van der Waals surface area (Å²) in [6, 6.07) is 3.09. The number of hydrogen-bond acceptors (Lipinski definition) is 7. The number of carbonyl (C=O) groups excluding carboxylic acids is 2. The summed E-state index contributed by atoms with van der Waals surface area (Å²) >= 11 is 0. The summed E-state index contributed by atoms with van der Waals surface area (Å²) in [6.45, 7) is 7.85. The third kappa shape index (κ3) is 23.2. The molecule has 0 N–H and O–H groups in total. The molecule has 9 heteroatoms. The van der Waals surface area contributed by atoms with E-state index in [1.54, 1.807) is 0 Å². The van der Waals surface area contributed by atoms with Crippen LogP contribution in [0, 0.1) is 0 Å². The summed E-state index contributed by atoms with van der Waals surface area (Å²) in [4.78, 5) is 25.0. The normalized spacial score (nSPS) is 11.0. The van der Waals surface area contributed by atoms with E-state index in [0.717, 1.165) is 69.6 Å². The molecule has 0 saturated heterocycles. The Bertz CT molecular complexity index is 1060. The van der Waals surface area contributed by atoms with Gasteiger partial charge in [-0.2, -0.15) is 0 Å². The predicted molar refractivity (Wildman–Crippen MR) is 177 cm³/mol. The predicted octanol–water partition coefficient (Wildman–Crippen LogP) is 6.86. The third-order valence-electron chi connectivity index (χ3n) is 7.79. The van der Waals surface area contributed by atoms with Gasteiger partial charge in [0.05, 0.1) is 29.2 Å². The molecule has 0 atom stereocenters. The van der Waals surface area contributed by atoms with Gasteiger partial charge < -0.3 is 14.0 Å². The van der Waals surface area contributed by atoms with Crippen LogP contribution in [0.1, 0.15) is 162 Å². The van der Waals surface area contributed by atoms with Crippen LogP contribution in [0.5, 0.6) is 0 Å². The number of allylic oxidation sites excluding steroid dienone is 2. The van der Waals surface area contributed by atoms with Crippen molar-refractivity contribution >= 4 is 22.1 Å². The van der Waals surface area contributed by atoms with Crippen molar-refractivity contribution < 1.29 is 83.4 Å². The van der Waals surface area contributed by atoms with Crippen molar-refractivity contribution in [3.8, 4) is 0 Å². The van der Waals surface area contributed by atoms with Crippen molar-refractivity contribution in [3.63, 3.8) is 0 Å². The number of unbranched alkanes of at least 4 members (excludes halogenated alkanes) is 20. The SMILES string of the molecule is C=CCCCCCCCCCCCCOC(=O)c1ccc(S(=O)(=O)[O-])cc1C(=O)OCCCCCCCCCCCCC=C.[K+]. The van der Waals surface area contributed by atoms with Crippen molar-refractivity contribution in [1.82, 2.24) is 0 Å². The zero-order chi connectivity index (χ0) is 32.3. The molecule has 1 rings (SSSR count). The van der Waals surface area contributed by atoms with E-state index in [2.05, 4.69) is 13.2 Å². The summed E-state index contributed by atoms with van der Waals surface area (Å²) in [7, 11) is -4.81. The maximum Gasteiger partial charge on any atom is 1.00 e. The van der Waals surface area contributed by atoms with Crippen LogP contribution in [0.4, 0.5) is 0 Å². The molecule has 0 aliphatic rings. The quantitative estimate of drug-likeness (QED) is 0.0301. The first kappa shape index (κ1) is 44.2. The molecule has 0 amide bonds. The number of carbonyl (C=O) groups is 2. The number of ether oxygens (including phenoxy) is 2.